The van der Waals surface area contributed by atoms with Crippen molar-refractivity contribution in [2.24, 2.45) is 0 Å². The summed E-state index contributed by atoms with van der Waals surface area (Å²) in [6.45, 7) is 0. The number of amides is 1. The fraction of sp³-hybridized carbons (Fsp3) is 0.0385. The lowest BCUT2D eigenvalue weighted by molar-refractivity contribution is 0.0601. The number of nitrogens with zero attached hydrogens (tertiary/aromatic N) is 3. The first-order chi connectivity index (χ1) is 16.2. The monoisotopic (exact) mass is 434 g/mol. The molecule has 160 valence electrons. The van der Waals surface area contributed by atoms with Crippen LogP contribution in [0.15, 0.2) is 85.7 Å². The van der Waals surface area contributed by atoms with Gasteiger partial charge in [-0.05, 0) is 42.5 Å². The van der Waals surface area contributed by atoms with Crippen molar-refractivity contribution in [1.29, 1.82) is 0 Å². The van der Waals surface area contributed by atoms with E-state index in [0.717, 1.165) is 5.56 Å². The third kappa shape index (κ3) is 5.09. The molecule has 3 heterocycles. The molecule has 0 bridgehead atoms. The lowest BCUT2D eigenvalue weighted by atomic mass is 9.98. The van der Waals surface area contributed by atoms with E-state index >= 15 is 0 Å². The van der Waals surface area contributed by atoms with Crippen LogP contribution >= 0.6 is 0 Å². The van der Waals surface area contributed by atoms with Gasteiger partial charge in [-0.25, -0.2) is 4.79 Å². The molecule has 0 saturated heterocycles. The molecule has 3 aromatic heterocycles. The fourth-order valence-electron chi connectivity index (χ4n) is 3.13. The van der Waals surface area contributed by atoms with Gasteiger partial charge in [0, 0.05) is 59.4 Å². The minimum absolute atomic E-state index is 0.332. The van der Waals surface area contributed by atoms with Crippen LogP contribution in [0.5, 0.6) is 0 Å². The number of rotatable bonds is 4. The number of anilines is 1. The second kappa shape index (κ2) is 9.98. The summed E-state index contributed by atoms with van der Waals surface area (Å²) in [5, 5.41) is 2.91. The molecule has 33 heavy (non-hydrogen) atoms. The molecule has 0 atom stereocenters. The molecule has 0 unspecified atom stereocenters. The lowest BCUT2D eigenvalue weighted by Gasteiger charge is -2.14. The highest BCUT2D eigenvalue weighted by molar-refractivity contribution is 6.07. The zero-order chi connectivity index (χ0) is 23.0. The molecule has 0 saturated carbocycles. The number of esters is 1. The molecule has 0 aliphatic heterocycles. The highest BCUT2D eigenvalue weighted by Crippen LogP contribution is 2.32. The van der Waals surface area contributed by atoms with Crippen LogP contribution in [0, 0.1) is 11.8 Å². The number of ether oxygens (including phenoxy) is 1. The van der Waals surface area contributed by atoms with Crippen molar-refractivity contribution >= 4 is 17.6 Å². The van der Waals surface area contributed by atoms with Crippen LogP contribution in [0.2, 0.25) is 0 Å². The number of carbonyl (C=O) groups is 2. The molecular formula is C26H18N4O3. The maximum absolute atomic E-state index is 12.9. The van der Waals surface area contributed by atoms with Gasteiger partial charge < -0.3 is 10.1 Å². The zero-order valence-electron chi connectivity index (χ0n) is 17.6. The highest BCUT2D eigenvalue weighted by Gasteiger charge is 2.18. The number of carbonyl (C=O) groups excluding carboxylic acids is 2. The topological polar surface area (TPSA) is 94.1 Å². The Bertz CT molecular complexity index is 1360. The van der Waals surface area contributed by atoms with Gasteiger partial charge in [0.15, 0.2) is 0 Å². The van der Waals surface area contributed by atoms with Crippen LogP contribution in [-0.2, 0) is 4.74 Å². The molecule has 0 spiro atoms. The van der Waals surface area contributed by atoms with Crippen LogP contribution in [0.3, 0.4) is 0 Å². The van der Waals surface area contributed by atoms with Crippen molar-refractivity contribution in [3.05, 3.63) is 108 Å². The molecule has 0 radical (unpaired) electrons. The van der Waals surface area contributed by atoms with E-state index in [4.69, 9.17) is 4.74 Å². The van der Waals surface area contributed by atoms with E-state index in [0.29, 0.717) is 33.5 Å². The second-order valence-electron chi connectivity index (χ2n) is 6.86. The van der Waals surface area contributed by atoms with Gasteiger partial charge in [0.05, 0.1) is 23.9 Å². The summed E-state index contributed by atoms with van der Waals surface area (Å²) in [4.78, 5) is 37.4. The SMILES string of the molecule is COC(=O)c1ccncc1-c1ccc(C#Cc2cccnc2)cc1NC(=O)c1cccnc1. The minimum atomic E-state index is -0.502. The van der Waals surface area contributed by atoms with Crippen LogP contribution in [-0.4, -0.2) is 33.9 Å². The van der Waals surface area contributed by atoms with Crippen molar-refractivity contribution in [2.75, 3.05) is 12.4 Å². The van der Waals surface area contributed by atoms with E-state index in [2.05, 4.69) is 32.1 Å². The summed E-state index contributed by atoms with van der Waals surface area (Å²) in [7, 11) is 1.31. The Kier molecular flexibility index (Phi) is 6.48. The van der Waals surface area contributed by atoms with E-state index in [-0.39, 0.29) is 5.91 Å². The Labute approximate surface area is 190 Å². The van der Waals surface area contributed by atoms with Gasteiger partial charge in [0.25, 0.3) is 5.91 Å². The van der Waals surface area contributed by atoms with E-state index in [9.17, 15) is 9.59 Å². The van der Waals surface area contributed by atoms with Crippen molar-refractivity contribution < 1.29 is 14.3 Å². The van der Waals surface area contributed by atoms with Crippen LogP contribution in [0.1, 0.15) is 31.8 Å². The van der Waals surface area contributed by atoms with E-state index < -0.39 is 5.97 Å². The van der Waals surface area contributed by atoms with Crippen LogP contribution < -0.4 is 5.32 Å². The third-order valence-electron chi connectivity index (χ3n) is 4.72. The number of hydrogen-bond donors (Lipinski definition) is 1. The zero-order valence-corrected chi connectivity index (χ0v) is 17.6. The summed E-state index contributed by atoms with van der Waals surface area (Å²) >= 11 is 0. The molecule has 4 aromatic rings. The summed E-state index contributed by atoms with van der Waals surface area (Å²) in [5.41, 5.74) is 3.77. The Balaban J connectivity index is 1.79. The van der Waals surface area contributed by atoms with Gasteiger partial charge in [0.2, 0.25) is 0 Å². The van der Waals surface area contributed by atoms with Gasteiger partial charge in [-0.3, -0.25) is 19.7 Å². The molecule has 0 aliphatic rings. The molecule has 1 aromatic carbocycles. The van der Waals surface area contributed by atoms with Crippen molar-refractivity contribution in [1.82, 2.24) is 15.0 Å². The molecular weight excluding hydrogens is 416 g/mol. The van der Waals surface area contributed by atoms with Gasteiger partial charge in [0.1, 0.15) is 0 Å². The Hall–Kier alpha value is -4.83. The molecule has 1 N–H and O–H groups in total. The summed E-state index contributed by atoms with van der Waals surface area (Å²) in [5.74, 6) is 5.29. The van der Waals surface area contributed by atoms with E-state index in [1.807, 2.05) is 18.2 Å². The predicted molar refractivity (Wildman–Crippen MR) is 123 cm³/mol. The molecule has 7 heteroatoms. The number of benzene rings is 1. The average Bonchev–Trinajstić information content (AvgIpc) is 2.88. The lowest BCUT2D eigenvalue weighted by Crippen LogP contribution is -2.13. The fourth-order valence-corrected chi connectivity index (χ4v) is 3.13. The first-order valence-corrected chi connectivity index (χ1v) is 9.96. The number of aromatic nitrogens is 3. The van der Waals surface area contributed by atoms with E-state index in [1.54, 1.807) is 55.1 Å². The highest BCUT2D eigenvalue weighted by atomic mass is 16.5. The number of methoxy groups -OCH3 is 1. The molecule has 1 amide bonds. The Morgan fingerprint density at radius 2 is 1.58 bits per heavy atom. The molecule has 7 nitrogen and oxygen atoms in total. The molecule has 0 aliphatic carbocycles. The van der Waals surface area contributed by atoms with E-state index in [1.165, 1.54) is 19.5 Å². The summed E-state index contributed by atoms with van der Waals surface area (Å²) < 4.78 is 4.91. The van der Waals surface area contributed by atoms with Gasteiger partial charge in [-0.1, -0.05) is 17.9 Å². The van der Waals surface area contributed by atoms with Crippen molar-refractivity contribution in [3.8, 4) is 23.0 Å². The first-order valence-electron chi connectivity index (χ1n) is 9.96. The van der Waals surface area contributed by atoms with Gasteiger partial charge in [-0.15, -0.1) is 0 Å². The molecule has 4 rings (SSSR count). The Morgan fingerprint density at radius 1 is 0.818 bits per heavy atom. The maximum atomic E-state index is 12.9. The minimum Gasteiger partial charge on any atom is -0.465 e. The summed E-state index contributed by atoms with van der Waals surface area (Å²) in [6, 6.07) is 13.9. The number of nitrogens with one attached hydrogen (secondary N) is 1. The molecule has 0 fully saturated rings. The predicted octanol–water partition coefficient (Wildman–Crippen LogP) is 3.98. The third-order valence-corrected chi connectivity index (χ3v) is 4.72. The quantitative estimate of drug-likeness (QED) is 0.386. The summed E-state index contributed by atoms with van der Waals surface area (Å²) in [6.07, 6.45) is 9.49. The van der Waals surface area contributed by atoms with Crippen LogP contribution in [0.25, 0.3) is 11.1 Å². The number of hydrogen-bond acceptors (Lipinski definition) is 6. The van der Waals surface area contributed by atoms with Crippen molar-refractivity contribution in [3.63, 3.8) is 0 Å². The Morgan fingerprint density at radius 3 is 2.30 bits per heavy atom. The van der Waals surface area contributed by atoms with Crippen molar-refractivity contribution in [2.45, 2.75) is 0 Å². The smallest absolute Gasteiger partial charge is 0.338 e. The second-order valence-corrected chi connectivity index (χ2v) is 6.86. The van der Waals surface area contributed by atoms with Crippen LogP contribution in [0.4, 0.5) is 5.69 Å². The van der Waals surface area contributed by atoms with Gasteiger partial charge in [-0.2, -0.15) is 0 Å². The standard InChI is InChI=1S/C26H18N4O3/c1-33-26(32)22-10-13-29-17-23(22)21-9-8-18(6-7-19-4-2-11-27-15-19)14-24(21)30-25(31)20-5-3-12-28-16-20/h2-5,8-17H,1H3,(H,30,31). The van der Waals surface area contributed by atoms with Gasteiger partial charge >= 0.3 is 5.97 Å². The number of pyridine rings is 3. The maximum Gasteiger partial charge on any atom is 0.338 e. The average molecular weight is 434 g/mol. The normalized spacial score (nSPS) is 9.97. The first kappa shape index (κ1) is 21.4. The largest absolute Gasteiger partial charge is 0.465 e.